The molecule has 21 heavy (non-hydrogen) atoms. The number of nitrogens with one attached hydrogen (secondary N) is 1. The molecule has 0 radical (unpaired) electrons. The highest BCUT2D eigenvalue weighted by Gasteiger charge is 2.18. The predicted molar refractivity (Wildman–Crippen MR) is 83.2 cm³/mol. The number of halogens is 1. The summed E-state index contributed by atoms with van der Waals surface area (Å²) in [7, 11) is 0. The van der Waals surface area contributed by atoms with Crippen LogP contribution in [0.4, 0.5) is 4.39 Å². The maximum atomic E-state index is 12.9. The lowest BCUT2D eigenvalue weighted by Crippen LogP contribution is -2.25. The summed E-state index contributed by atoms with van der Waals surface area (Å²) >= 11 is 1.61. The van der Waals surface area contributed by atoms with Crippen molar-refractivity contribution in [2.24, 2.45) is 0 Å². The maximum Gasteiger partial charge on any atom is 0.261 e. The summed E-state index contributed by atoms with van der Waals surface area (Å²) in [5.74, 6) is -0.297. The number of amides is 1. The Labute approximate surface area is 128 Å². The van der Waals surface area contributed by atoms with Gasteiger partial charge >= 0.3 is 0 Å². The highest BCUT2D eigenvalue weighted by atomic mass is 32.1. The average Bonchev–Trinajstić information content (AvgIpc) is 2.92. The molecule has 0 unspecified atom stereocenters. The molecule has 110 valence electrons. The summed E-state index contributed by atoms with van der Waals surface area (Å²) < 4.78 is 12.9. The van der Waals surface area contributed by atoms with Crippen LogP contribution in [-0.2, 0) is 12.8 Å². The van der Waals surface area contributed by atoms with Gasteiger partial charge in [-0.3, -0.25) is 4.79 Å². The Morgan fingerprint density at radius 1 is 1.24 bits per heavy atom. The molecule has 0 fully saturated rings. The van der Waals surface area contributed by atoms with Gasteiger partial charge in [0.05, 0.1) is 10.9 Å². The van der Waals surface area contributed by atoms with E-state index in [1.807, 2.05) is 13.0 Å². The molecule has 0 saturated heterocycles. The fourth-order valence-corrected chi connectivity index (χ4v) is 3.86. The van der Waals surface area contributed by atoms with E-state index in [0.29, 0.717) is 0 Å². The summed E-state index contributed by atoms with van der Waals surface area (Å²) in [4.78, 5) is 14.5. The number of carbonyl (C=O) groups is 1. The van der Waals surface area contributed by atoms with E-state index in [-0.39, 0.29) is 17.8 Å². The molecule has 2 nitrogen and oxygen atoms in total. The first kappa shape index (κ1) is 14.3. The van der Waals surface area contributed by atoms with Crippen LogP contribution in [-0.4, -0.2) is 5.91 Å². The third-order valence-electron chi connectivity index (χ3n) is 3.94. The lowest BCUT2D eigenvalue weighted by Gasteiger charge is -2.13. The standard InChI is InChI=1S/C17H18FNOS/c1-11(12-6-8-14(18)9-7-12)19-17(20)16-10-13-4-2-3-5-15(13)21-16/h6-11H,2-5H2,1H3,(H,19,20)/t11-/m0/s1. The van der Waals surface area contributed by atoms with Crippen LogP contribution in [0.25, 0.3) is 0 Å². The van der Waals surface area contributed by atoms with Crippen LogP contribution in [0.2, 0.25) is 0 Å². The van der Waals surface area contributed by atoms with Crippen LogP contribution in [0.5, 0.6) is 0 Å². The van der Waals surface area contributed by atoms with E-state index in [1.165, 1.54) is 35.4 Å². The molecule has 0 saturated carbocycles. The predicted octanol–water partition coefficient (Wildman–Crippen LogP) is 4.26. The zero-order valence-electron chi connectivity index (χ0n) is 12.0. The zero-order chi connectivity index (χ0) is 14.8. The van der Waals surface area contributed by atoms with Gasteiger partial charge in [0.25, 0.3) is 5.91 Å². The minimum Gasteiger partial charge on any atom is -0.345 e. The number of thiophene rings is 1. The molecule has 4 heteroatoms. The SMILES string of the molecule is C[C@H](NC(=O)c1cc2c(s1)CCCC2)c1ccc(F)cc1. The molecule has 1 N–H and O–H groups in total. The van der Waals surface area contributed by atoms with Crippen LogP contribution < -0.4 is 5.32 Å². The van der Waals surface area contributed by atoms with Gasteiger partial charge in [-0.2, -0.15) is 0 Å². The highest BCUT2D eigenvalue weighted by Crippen LogP contribution is 2.30. The van der Waals surface area contributed by atoms with E-state index < -0.39 is 0 Å². The number of hydrogen-bond acceptors (Lipinski definition) is 2. The van der Waals surface area contributed by atoms with Crippen LogP contribution in [0, 0.1) is 5.82 Å². The lowest BCUT2D eigenvalue weighted by atomic mass is 9.99. The average molecular weight is 303 g/mol. The Morgan fingerprint density at radius 3 is 2.67 bits per heavy atom. The summed E-state index contributed by atoms with van der Waals surface area (Å²) in [5, 5.41) is 2.99. The molecule has 1 aliphatic carbocycles. The zero-order valence-corrected chi connectivity index (χ0v) is 12.8. The summed E-state index contributed by atoms with van der Waals surface area (Å²) in [6.45, 7) is 1.92. The van der Waals surface area contributed by atoms with Crippen LogP contribution >= 0.6 is 11.3 Å². The molecule has 1 amide bonds. The molecule has 1 aromatic carbocycles. The van der Waals surface area contributed by atoms with Crippen molar-refractivity contribution in [2.45, 2.75) is 38.6 Å². The number of carbonyl (C=O) groups excluding carboxylic acids is 1. The number of hydrogen-bond donors (Lipinski definition) is 1. The Balaban J connectivity index is 1.70. The van der Waals surface area contributed by atoms with Crippen molar-refractivity contribution in [2.75, 3.05) is 0 Å². The third-order valence-corrected chi connectivity index (χ3v) is 5.17. The van der Waals surface area contributed by atoms with E-state index in [0.717, 1.165) is 23.3 Å². The van der Waals surface area contributed by atoms with E-state index in [2.05, 4.69) is 5.32 Å². The van der Waals surface area contributed by atoms with Gasteiger partial charge in [-0.15, -0.1) is 11.3 Å². The van der Waals surface area contributed by atoms with Gasteiger partial charge in [-0.25, -0.2) is 4.39 Å². The van der Waals surface area contributed by atoms with E-state index in [1.54, 1.807) is 23.5 Å². The minimum atomic E-state index is -0.261. The Bertz CT molecular complexity index is 624. The third kappa shape index (κ3) is 3.16. The van der Waals surface area contributed by atoms with Crippen molar-refractivity contribution in [3.63, 3.8) is 0 Å². The molecule has 2 aromatic rings. The van der Waals surface area contributed by atoms with Gasteiger partial charge in [-0.05, 0) is 61.9 Å². The van der Waals surface area contributed by atoms with Gasteiger partial charge in [0.1, 0.15) is 5.82 Å². The van der Waals surface area contributed by atoms with Crippen molar-refractivity contribution in [3.05, 3.63) is 57.0 Å². The monoisotopic (exact) mass is 303 g/mol. The number of rotatable bonds is 3. The van der Waals surface area contributed by atoms with E-state index >= 15 is 0 Å². The van der Waals surface area contributed by atoms with Gasteiger partial charge in [0.15, 0.2) is 0 Å². The maximum absolute atomic E-state index is 12.9. The molecule has 1 atom stereocenters. The molecule has 3 rings (SSSR count). The first-order valence-electron chi connectivity index (χ1n) is 7.31. The number of benzene rings is 1. The molecule has 0 aliphatic heterocycles. The quantitative estimate of drug-likeness (QED) is 0.902. The van der Waals surface area contributed by atoms with Crippen LogP contribution in [0.3, 0.4) is 0 Å². The Morgan fingerprint density at radius 2 is 1.95 bits per heavy atom. The van der Waals surface area contributed by atoms with Crippen LogP contribution in [0.1, 0.15) is 51.5 Å². The van der Waals surface area contributed by atoms with Crippen molar-refractivity contribution in [3.8, 4) is 0 Å². The second kappa shape index (κ2) is 5.98. The molecular weight excluding hydrogens is 285 g/mol. The normalized spacial score (nSPS) is 15.3. The molecule has 0 spiro atoms. The second-order valence-electron chi connectivity index (χ2n) is 5.51. The lowest BCUT2D eigenvalue weighted by molar-refractivity contribution is 0.0944. The second-order valence-corrected chi connectivity index (χ2v) is 6.65. The summed E-state index contributed by atoms with van der Waals surface area (Å²) in [5.41, 5.74) is 2.25. The fraction of sp³-hybridized carbons (Fsp3) is 0.353. The van der Waals surface area contributed by atoms with Gasteiger partial charge in [0, 0.05) is 4.88 Å². The van der Waals surface area contributed by atoms with Crippen molar-refractivity contribution in [1.82, 2.24) is 5.32 Å². The molecule has 1 heterocycles. The largest absolute Gasteiger partial charge is 0.345 e. The van der Waals surface area contributed by atoms with Crippen molar-refractivity contribution in [1.29, 1.82) is 0 Å². The van der Waals surface area contributed by atoms with Gasteiger partial charge in [0.2, 0.25) is 0 Å². The Hall–Kier alpha value is -1.68. The minimum absolute atomic E-state index is 0.0359. The Kier molecular flexibility index (Phi) is 4.06. The van der Waals surface area contributed by atoms with Crippen molar-refractivity contribution < 1.29 is 9.18 Å². The van der Waals surface area contributed by atoms with Gasteiger partial charge < -0.3 is 5.32 Å². The number of fused-ring (bicyclic) bond motifs is 1. The first-order chi connectivity index (χ1) is 10.1. The molecule has 0 bridgehead atoms. The topological polar surface area (TPSA) is 29.1 Å². The van der Waals surface area contributed by atoms with Crippen LogP contribution in [0.15, 0.2) is 30.3 Å². The molecule has 1 aliphatic rings. The molecule has 1 aromatic heterocycles. The summed E-state index contributed by atoms with van der Waals surface area (Å²) in [6.07, 6.45) is 4.63. The summed E-state index contributed by atoms with van der Waals surface area (Å²) in [6, 6.07) is 8.16. The van der Waals surface area contributed by atoms with Crippen molar-refractivity contribution >= 4 is 17.2 Å². The highest BCUT2D eigenvalue weighted by molar-refractivity contribution is 7.14. The molecular formula is C17H18FNOS. The fourth-order valence-electron chi connectivity index (χ4n) is 2.71. The van der Waals surface area contributed by atoms with E-state index in [4.69, 9.17) is 0 Å². The number of aryl methyl sites for hydroxylation is 2. The van der Waals surface area contributed by atoms with E-state index in [9.17, 15) is 9.18 Å². The van der Waals surface area contributed by atoms with Gasteiger partial charge in [-0.1, -0.05) is 12.1 Å². The first-order valence-corrected chi connectivity index (χ1v) is 8.13. The smallest absolute Gasteiger partial charge is 0.261 e.